The molecule has 0 aromatic carbocycles. The number of nitrogens with one attached hydrogen (secondary N) is 2. The molecule has 0 amide bonds. The Morgan fingerprint density at radius 1 is 1.44 bits per heavy atom. The lowest BCUT2D eigenvalue weighted by molar-refractivity contribution is 0.573. The molecule has 86 valence electrons. The van der Waals surface area contributed by atoms with Gasteiger partial charge >= 0.3 is 0 Å². The quantitative estimate of drug-likeness (QED) is 0.763. The van der Waals surface area contributed by atoms with Crippen LogP contribution in [0.2, 0.25) is 0 Å². The molecule has 0 aliphatic heterocycles. The zero-order valence-corrected chi connectivity index (χ0v) is 9.40. The number of aryl methyl sites for hydroxylation is 1. The summed E-state index contributed by atoms with van der Waals surface area (Å²) in [6, 6.07) is 3.14. The molecule has 0 aliphatic rings. The van der Waals surface area contributed by atoms with Crippen LogP contribution in [0.3, 0.4) is 0 Å². The second kappa shape index (κ2) is 4.06. The van der Waals surface area contributed by atoms with E-state index >= 15 is 0 Å². The summed E-state index contributed by atoms with van der Waals surface area (Å²) in [6.07, 6.45) is 3.00. The fourth-order valence-corrected chi connectivity index (χ4v) is 2.12. The highest BCUT2D eigenvalue weighted by Gasteiger charge is 2.15. The Kier molecular flexibility index (Phi) is 2.75. The van der Waals surface area contributed by atoms with Crippen LogP contribution in [0.1, 0.15) is 5.69 Å². The first-order chi connectivity index (χ1) is 7.59. The van der Waals surface area contributed by atoms with Gasteiger partial charge in [-0.25, -0.2) is 13.1 Å². The maximum atomic E-state index is 11.7. The number of aromatic nitrogens is 4. The topological polar surface area (TPSA) is 92.7 Å². The van der Waals surface area contributed by atoms with Gasteiger partial charge in [-0.15, -0.1) is 0 Å². The molecule has 0 saturated carbocycles. The van der Waals surface area contributed by atoms with E-state index in [9.17, 15) is 8.42 Å². The molecule has 8 heteroatoms. The van der Waals surface area contributed by atoms with E-state index in [1.54, 1.807) is 24.0 Å². The molecule has 0 radical (unpaired) electrons. The van der Waals surface area contributed by atoms with Crippen LogP contribution in [0, 0.1) is 0 Å². The minimum Gasteiger partial charge on any atom is -0.271 e. The van der Waals surface area contributed by atoms with E-state index in [4.69, 9.17) is 0 Å². The molecule has 0 fully saturated rings. The maximum Gasteiger partial charge on any atom is 0.257 e. The van der Waals surface area contributed by atoms with E-state index in [0.717, 1.165) is 5.69 Å². The van der Waals surface area contributed by atoms with Crippen molar-refractivity contribution in [1.82, 2.24) is 24.7 Å². The van der Waals surface area contributed by atoms with Gasteiger partial charge in [0.2, 0.25) is 0 Å². The molecule has 2 aromatic rings. The Hall–Kier alpha value is -1.67. The van der Waals surface area contributed by atoms with Crippen molar-refractivity contribution >= 4 is 10.0 Å². The van der Waals surface area contributed by atoms with E-state index in [1.807, 2.05) is 0 Å². The predicted molar refractivity (Wildman–Crippen MR) is 55.8 cm³/mol. The Bertz CT molecular complexity index is 557. The van der Waals surface area contributed by atoms with Crippen LogP contribution in [0.15, 0.2) is 29.6 Å². The molecule has 2 rings (SSSR count). The standard InChI is InChI=1S/C8H11N5O2S/c1-13-7(2-5-10-13)6-11-16(14,15)8-3-4-9-12-8/h2-5,11H,6H2,1H3,(H,9,12). The Labute approximate surface area is 92.5 Å². The van der Waals surface area contributed by atoms with Crippen LogP contribution in [0.4, 0.5) is 0 Å². The minimum absolute atomic E-state index is 0.0506. The zero-order valence-electron chi connectivity index (χ0n) is 8.58. The van der Waals surface area contributed by atoms with Gasteiger partial charge < -0.3 is 0 Å². The highest BCUT2D eigenvalue weighted by Crippen LogP contribution is 2.04. The molecule has 0 unspecified atom stereocenters. The molecule has 7 nitrogen and oxygen atoms in total. The fourth-order valence-electron chi connectivity index (χ4n) is 1.21. The highest BCUT2D eigenvalue weighted by molar-refractivity contribution is 7.89. The van der Waals surface area contributed by atoms with Gasteiger partial charge in [0.1, 0.15) is 0 Å². The van der Waals surface area contributed by atoms with Crippen molar-refractivity contribution in [3.8, 4) is 0 Å². The van der Waals surface area contributed by atoms with Crippen LogP contribution < -0.4 is 4.72 Å². The summed E-state index contributed by atoms with van der Waals surface area (Å²) in [6.45, 7) is 0.192. The third-order valence-corrected chi connectivity index (χ3v) is 3.46. The largest absolute Gasteiger partial charge is 0.271 e. The van der Waals surface area contributed by atoms with Crippen molar-refractivity contribution in [3.05, 3.63) is 30.2 Å². The number of sulfonamides is 1. The van der Waals surface area contributed by atoms with Crippen molar-refractivity contribution in [2.75, 3.05) is 0 Å². The van der Waals surface area contributed by atoms with Gasteiger partial charge in [0.25, 0.3) is 10.0 Å². The zero-order chi connectivity index (χ0) is 11.6. The molecular weight excluding hydrogens is 230 g/mol. The van der Waals surface area contributed by atoms with Crippen LogP contribution in [0.25, 0.3) is 0 Å². The van der Waals surface area contributed by atoms with Gasteiger partial charge in [-0.2, -0.15) is 10.2 Å². The summed E-state index contributed by atoms with van der Waals surface area (Å²) in [5.41, 5.74) is 0.781. The van der Waals surface area contributed by atoms with E-state index < -0.39 is 10.0 Å². The molecule has 0 bridgehead atoms. The summed E-state index contributed by atoms with van der Waals surface area (Å²) in [4.78, 5) is 0. The third kappa shape index (κ3) is 2.12. The van der Waals surface area contributed by atoms with E-state index in [0.29, 0.717) is 0 Å². The normalized spacial score (nSPS) is 11.8. The molecule has 2 heterocycles. The van der Waals surface area contributed by atoms with Crippen LogP contribution in [0.5, 0.6) is 0 Å². The Morgan fingerprint density at radius 2 is 2.25 bits per heavy atom. The van der Waals surface area contributed by atoms with Gasteiger partial charge in [-0.1, -0.05) is 0 Å². The molecule has 0 atom stereocenters. The monoisotopic (exact) mass is 241 g/mol. The Morgan fingerprint density at radius 3 is 2.81 bits per heavy atom. The van der Waals surface area contributed by atoms with Crippen LogP contribution >= 0.6 is 0 Å². The van der Waals surface area contributed by atoms with Gasteiger partial charge in [-0.3, -0.25) is 9.78 Å². The molecular formula is C8H11N5O2S. The van der Waals surface area contributed by atoms with Crippen molar-refractivity contribution < 1.29 is 8.42 Å². The second-order valence-electron chi connectivity index (χ2n) is 3.19. The van der Waals surface area contributed by atoms with Crippen molar-refractivity contribution in [2.24, 2.45) is 7.05 Å². The highest BCUT2D eigenvalue weighted by atomic mass is 32.2. The van der Waals surface area contributed by atoms with Crippen molar-refractivity contribution in [1.29, 1.82) is 0 Å². The second-order valence-corrected chi connectivity index (χ2v) is 4.93. The Balaban J connectivity index is 2.09. The SMILES string of the molecule is Cn1nccc1CNS(=O)(=O)c1ccn[nH]1. The average Bonchev–Trinajstić information content (AvgIpc) is 2.85. The van der Waals surface area contributed by atoms with Gasteiger partial charge in [0.05, 0.1) is 18.4 Å². The molecule has 2 N–H and O–H groups in total. The van der Waals surface area contributed by atoms with Crippen LogP contribution in [-0.4, -0.2) is 28.4 Å². The van der Waals surface area contributed by atoms with E-state index in [2.05, 4.69) is 20.0 Å². The fraction of sp³-hybridized carbons (Fsp3) is 0.250. The summed E-state index contributed by atoms with van der Waals surface area (Å²) < 4.78 is 27.4. The van der Waals surface area contributed by atoms with Crippen molar-refractivity contribution in [3.63, 3.8) is 0 Å². The lowest BCUT2D eigenvalue weighted by Crippen LogP contribution is -2.24. The summed E-state index contributed by atoms with van der Waals surface area (Å²) in [7, 11) is -1.77. The summed E-state index contributed by atoms with van der Waals surface area (Å²) >= 11 is 0. The van der Waals surface area contributed by atoms with E-state index in [-0.39, 0.29) is 11.6 Å². The molecule has 0 spiro atoms. The number of nitrogens with zero attached hydrogens (tertiary/aromatic N) is 3. The molecule has 0 saturated heterocycles. The predicted octanol–water partition coefficient (Wildman–Crippen LogP) is -0.378. The van der Waals surface area contributed by atoms with Gasteiger partial charge in [0.15, 0.2) is 5.03 Å². The smallest absolute Gasteiger partial charge is 0.257 e. The average molecular weight is 241 g/mol. The number of rotatable bonds is 4. The lowest BCUT2D eigenvalue weighted by atomic mass is 10.4. The lowest BCUT2D eigenvalue weighted by Gasteiger charge is -2.04. The number of H-pyrrole nitrogens is 1. The van der Waals surface area contributed by atoms with Crippen molar-refractivity contribution in [2.45, 2.75) is 11.6 Å². The number of hydrogen-bond acceptors (Lipinski definition) is 4. The van der Waals surface area contributed by atoms with Gasteiger partial charge in [0, 0.05) is 13.2 Å². The summed E-state index contributed by atoms with van der Waals surface area (Å²) in [5.74, 6) is 0. The first kappa shape index (κ1) is 10.8. The number of aromatic amines is 1. The molecule has 16 heavy (non-hydrogen) atoms. The third-order valence-electron chi connectivity index (χ3n) is 2.13. The van der Waals surface area contributed by atoms with E-state index in [1.165, 1.54) is 12.3 Å². The first-order valence-corrected chi connectivity index (χ1v) is 6.04. The van der Waals surface area contributed by atoms with Gasteiger partial charge in [-0.05, 0) is 12.1 Å². The maximum absolute atomic E-state index is 11.7. The van der Waals surface area contributed by atoms with Crippen LogP contribution in [-0.2, 0) is 23.6 Å². The summed E-state index contributed by atoms with van der Waals surface area (Å²) in [5, 5.41) is 9.98. The molecule has 0 aliphatic carbocycles. The molecule has 2 aromatic heterocycles. The minimum atomic E-state index is -3.52. The number of hydrogen-bond donors (Lipinski definition) is 2. The first-order valence-electron chi connectivity index (χ1n) is 4.55.